The van der Waals surface area contributed by atoms with Crippen LogP contribution in [0.1, 0.15) is 32.4 Å². The molecule has 0 fully saturated rings. The molecule has 0 amide bonds. The average Bonchev–Trinajstić information content (AvgIpc) is 2.84. The predicted molar refractivity (Wildman–Crippen MR) is 80.7 cm³/mol. The van der Waals surface area contributed by atoms with Gasteiger partial charge < -0.3 is 4.55 Å². The van der Waals surface area contributed by atoms with E-state index in [9.17, 15) is 8.94 Å². The molecule has 0 radical (unpaired) electrons. The molecule has 5 nitrogen and oxygen atoms in total. The topological polar surface area (TPSA) is 65.8 Å². The van der Waals surface area contributed by atoms with Gasteiger partial charge in [0.1, 0.15) is 5.75 Å². The Morgan fingerprint density at radius 2 is 2.10 bits per heavy atom. The zero-order valence-corrected chi connectivity index (χ0v) is 13.1. The van der Waals surface area contributed by atoms with Crippen LogP contribution < -0.4 is 4.72 Å². The number of nitrogens with zero attached hydrogens (tertiary/aromatic N) is 3. The van der Waals surface area contributed by atoms with Gasteiger partial charge in [0.2, 0.25) is 0 Å². The highest BCUT2D eigenvalue weighted by Gasteiger charge is 2.15. The van der Waals surface area contributed by atoms with E-state index >= 15 is 0 Å². The number of hydrogen-bond donors (Lipinski definition) is 1. The summed E-state index contributed by atoms with van der Waals surface area (Å²) in [5, 5.41) is 3.86. The molecule has 7 heteroatoms. The van der Waals surface area contributed by atoms with Crippen molar-refractivity contribution in [1.29, 1.82) is 0 Å². The molecule has 0 aromatic carbocycles. The van der Waals surface area contributed by atoms with Crippen LogP contribution in [0.4, 0.5) is 4.39 Å². The highest BCUT2D eigenvalue weighted by molar-refractivity contribution is 7.89. The molecule has 0 aliphatic rings. The highest BCUT2D eigenvalue weighted by Crippen LogP contribution is 2.15. The first-order valence-corrected chi connectivity index (χ1v) is 8.08. The van der Waals surface area contributed by atoms with Gasteiger partial charge in [-0.2, -0.15) is 5.10 Å². The molecule has 0 aliphatic heterocycles. The van der Waals surface area contributed by atoms with Crippen molar-refractivity contribution in [2.45, 2.75) is 26.8 Å². The molecular weight excluding hydrogens is 291 g/mol. The molecule has 0 aliphatic carbocycles. The standard InChI is InChI=1S/C14H19FN4OS/c1-10(2)9-21(20)18-11(3)12-4-5-14(16-6-12)19-8-13(15)7-17-19/h4-8,10-11,18H,9H2,1-3H3/t11-,21+/m1/s1. The van der Waals surface area contributed by atoms with E-state index in [4.69, 9.17) is 0 Å². The smallest absolute Gasteiger partial charge is 0.161 e. The summed E-state index contributed by atoms with van der Waals surface area (Å²) in [6.07, 6.45) is 4.08. The van der Waals surface area contributed by atoms with Gasteiger partial charge in [0.25, 0.3) is 0 Å². The molecular formula is C14H19FN4OS. The summed E-state index contributed by atoms with van der Waals surface area (Å²) in [6, 6.07) is 3.55. The zero-order chi connectivity index (χ0) is 15.4. The normalized spacial score (nSPS) is 14.4. The summed E-state index contributed by atoms with van der Waals surface area (Å²) in [5.74, 6) is 1.13. The summed E-state index contributed by atoms with van der Waals surface area (Å²) < 4.78 is 29.2. The lowest BCUT2D eigenvalue weighted by molar-refractivity contribution is 0.553. The van der Waals surface area contributed by atoms with E-state index in [-0.39, 0.29) is 6.04 Å². The van der Waals surface area contributed by atoms with Crippen LogP contribution in [0.2, 0.25) is 0 Å². The average molecular weight is 310 g/mol. The first-order chi connectivity index (χ1) is 9.95. The Morgan fingerprint density at radius 3 is 2.62 bits per heavy atom. The van der Waals surface area contributed by atoms with Gasteiger partial charge in [-0.25, -0.2) is 14.1 Å². The Bertz CT molecular complexity index is 573. The monoisotopic (exact) mass is 310 g/mol. The molecule has 0 saturated carbocycles. The van der Waals surface area contributed by atoms with Crippen molar-refractivity contribution in [3.8, 4) is 5.82 Å². The first-order valence-electron chi connectivity index (χ1n) is 6.76. The number of nitrogens with one attached hydrogen (secondary N) is 1. The van der Waals surface area contributed by atoms with Crippen LogP contribution in [0.15, 0.2) is 30.7 Å². The molecule has 1 N–H and O–H groups in total. The maximum absolute atomic E-state index is 12.9. The lowest BCUT2D eigenvalue weighted by atomic mass is 10.1. The summed E-state index contributed by atoms with van der Waals surface area (Å²) in [4.78, 5) is 4.25. The van der Waals surface area contributed by atoms with Gasteiger partial charge in [-0.1, -0.05) is 19.9 Å². The van der Waals surface area contributed by atoms with Crippen LogP contribution in [0.3, 0.4) is 0 Å². The molecule has 21 heavy (non-hydrogen) atoms. The molecule has 0 unspecified atom stereocenters. The Labute approximate surface area is 126 Å². The third-order valence-corrected chi connectivity index (χ3v) is 4.44. The SMILES string of the molecule is CC(C)C[S@+]([O-])N[C@H](C)c1ccc(-n2cc(F)cn2)nc1. The van der Waals surface area contributed by atoms with Crippen molar-refractivity contribution in [2.75, 3.05) is 5.75 Å². The fourth-order valence-corrected chi connectivity index (χ4v) is 3.06. The Kier molecular flexibility index (Phi) is 5.33. The van der Waals surface area contributed by atoms with Crippen LogP contribution in [0.5, 0.6) is 0 Å². The maximum Gasteiger partial charge on any atom is 0.161 e. The molecule has 0 spiro atoms. The van der Waals surface area contributed by atoms with E-state index in [1.54, 1.807) is 12.3 Å². The predicted octanol–water partition coefficient (Wildman–Crippen LogP) is 2.38. The maximum atomic E-state index is 12.9. The molecule has 2 heterocycles. The third kappa shape index (κ3) is 4.52. The van der Waals surface area contributed by atoms with Gasteiger partial charge in [-0.3, -0.25) is 0 Å². The minimum Gasteiger partial charge on any atom is -0.598 e. The van der Waals surface area contributed by atoms with Gasteiger partial charge in [0.15, 0.2) is 11.6 Å². The van der Waals surface area contributed by atoms with Crippen LogP contribution >= 0.6 is 0 Å². The minimum atomic E-state index is -1.06. The quantitative estimate of drug-likeness (QED) is 0.832. The second-order valence-electron chi connectivity index (χ2n) is 5.30. The molecule has 2 atom stereocenters. The lowest BCUT2D eigenvalue weighted by Crippen LogP contribution is -2.31. The van der Waals surface area contributed by atoms with E-state index in [1.807, 2.05) is 26.8 Å². The van der Waals surface area contributed by atoms with E-state index in [2.05, 4.69) is 14.8 Å². The highest BCUT2D eigenvalue weighted by atomic mass is 32.2. The lowest BCUT2D eigenvalue weighted by Gasteiger charge is -2.18. The molecule has 0 saturated heterocycles. The van der Waals surface area contributed by atoms with E-state index in [1.165, 1.54) is 10.9 Å². The largest absolute Gasteiger partial charge is 0.598 e. The van der Waals surface area contributed by atoms with Gasteiger partial charge in [0, 0.05) is 17.6 Å². The van der Waals surface area contributed by atoms with E-state index in [0.29, 0.717) is 17.5 Å². The Balaban J connectivity index is 2.01. The second-order valence-corrected chi connectivity index (χ2v) is 6.56. The molecule has 114 valence electrons. The van der Waals surface area contributed by atoms with Crippen LogP contribution in [-0.4, -0.2) is 25.1 Å². The number of halogens is 1. The van der Waals surface area contributed by atoms with Gasteiger partial charge in [-0.05, 0) is 24.5 Å². The summed E-state index contributed by atoms with van der Waals surface area (Å²) in [6.45, 7) is 6.00. The van der Waals surface area contributed by atoms with Crippen molar-refractivity contribution < 1.29 is 8.94 Å². The summed E-state index contributed by atoms with van der Waals surface area (Å²) >= 11 is -1.06. The molecule has 2 rings (SSSR count). The summed E-state index contributed by atoms with van der Waals surface area (Å²) in [5.41, 5.74) is 0.920. The molecule has 2 aromatic rings. The summed E-state index contributed by atoms with van der Waals surface area (Å²) in [7, 11) is 0. The second kappa shape index (κ2) is 7.02. The molecule has 0 bridgehead atoms. The first kappa shape index (κ1) is 15.9. The van der Waals surface area contributed by atoms with Gasteiger partial charge >= 0.3 is 0 Å². The van der Waals surface area contributed by atoms with E-state index in [0.717, 1.165) is 11.8 Å². The third-order valence-electron chi connectivity index (χ3n) is 2.85. The fraction of sp³-hybridized carbons (Fsp3) is 0.429. The van der Waals surface area contributed by atoms with Crippen LogP contribution in [-0.2, 0) is 11.4 Å². The van der Waals surface area contributed by atoms with Crippen molar-refractivity contribution in [2.24, 2.45) is 5.92 Å². The Hall–Kier alpha value is -1.44. The van der Waals surface area contributed by atoms with Crippen LogP contribution in [0.25, 0.3) is 5.82 Å². The fourth-order valence-electron chi connectivity index (χ4n) is 1.83. The van der Waals surface area contributed by atoms with Crippen molar-refractivity contribution in [3.05, 3.63) is 42.1 Å². The van der Waals surface area contributed by atoms with Crippen molar-refractivity contribution >= 4 is 11.4 Å². The number of aromatic nitrogens is 3. The Morgan fingerprint density at radius 1 is 1.33 bits per heavy atom. The molecule has 2 aromatic heterocycles. The van der Waals surface area contributed by atoms with Crippen molar-refractivity contribution in [1.82, 2.24) is 19.5 Å². The zero-order valence-electron chi connectivity index (χ0n) is 12.3. The van der Waals surface area contributed by atoms with Crippen molar-refractivity contribution in [3.63, 3.8) is 0 Å². The van der Waals surface area contributed by atoms with E-state index < -0.39 is 17.2 Å². The minimum absolute atomic E-state index is 0.0690. The van der Waals surface area contributed by atoms with Gasteiger partial charge in [0.05, 0.1) is 18.4 Å². The number of rotatable bonds is 6. The number of hydrogen-bond acceptors (Lipinski definition) is 4. The number of pyridine rings is 1. The van der Waals surface area contributed by atoms with Gasteiger partial charge in [-0.15, -0.1) is 4.72 Å². The van der Waals surface area contributed by atoms with Crippen LogP contribution in [0, 0.1) is 11.7 Å².